The Bertz CT molecular complexity index is 206. The number of piperidine rings is 1. The zero-order chi connectivity index (χ0) is 10.7. The number of carbonyl (C=O) groups is 1. The third-order valence-electron chi connectivity index (χ3n) is 3.19. The summed E-state index contributed by atoms with van der Waals surface area (Å²) in [6.45, 7) is 5.91. The highest BCUT2D eigenvalue weighted by atomic mass is 16.1. The maximum atomic E-state index is 11.1. The van der Waals surface area contributed by atoms with Gasteiger partial charge < -0.3 is 11.5 Å². The van der Waals surface area contributed by atoms with Crippen LogP contribution in [0.5, 0.6) is 0 Å². The molecule has 0 bridgehead atoms. The second kappa shape index (κ2) is 4.75. The average molecular weight is 199 g/mol. The fraction of sp³-hybridized carbons (Fsp3) is 0.900. The highest BCUT2D eigenvalue weighted by Crippen LogP contribution is 2.18. The Morgan fingerprint density at radius 2 is 2.14 bits per heavy atom. The first-order valence-corrected chi connectivity index (χ1v) is 5.31. The summed E-state index contributed by atoms with van der Waals surface area (Å²) in [7, 11) is 0. The monoisotopic (exact) mass is 199 g/mol. The minimum absolute atomic E-state index is 0.0185. The van der Waals surface area contributed by atoms with Crippen molar-refractivity contribution in [2.24, 2.45) is 17.4 Å². The molecule has 0 aromatic rings. The van der Waals surface area contributed by atoms with E-state index in [4.69, 9.17) is 11.5 Å². The first-order chi connectivity index (χ1) is 6.52. The predicted octanol–water partition coefficient (Wildman–Crippen LogP) is -0.0806. The Morgan fingerprint density at radius 1 is 1.50 bits per heavy atom. The van der Waals surface area contributed by atoms with Gasteiger partial charge in [-0.15, -0.1) is 0 Å². The van der Waals surface area contributed by atoms with E-state index in [1.807, 2.05) is 6.92 Å². The number of likely N-dealkylation sites (tertiary alicyclic amines) is 1. The molecule has 0 aliphatic carbocycles. The van der Waals surface area contributed by atoms with Gasteiger partial charge in [0.15, 0.2) is 0 Å². The van der Waals surface area contributed by atoms with E-state index < -0.39 is 0 Å². The molecule has 1 amide bonds. The van der Waals surface area contributed by atoms with Gasteiger partial charge in [-0.3, -0.25) is 9.69 Å². The molecule has 14 heavy (non-hydrogen) atoms. The van der Waals surface area contributed by atoms with Crippen LogP contribution in [0.25, 0.3) is 0 Å². The van der Waals surface area contributed by atoms with Crippen molar-refractivity contribution in [3.05, 3.63) is 0 Å². The van der Waals surface area contributed by atoms with Gasteiger partial charge in [-0.2, -0.15) is 0 Å². The van der Waals surface area contributed by atoms with E-state index in [9.17, 15) is 4.79 Å². The molecule has 4 heteroatoms. The van der Waals surface area contributed by atoms with E-state index in [0.717, 1.165) is 25.9 Å². The van der Waals surface area contributed by atoms with Crippen molar-refractivity contribution >= 4 is 5.91 Å². The standard InChI is InChI=1S/C10H21N3O/c1-7(11)8(2)13-5-3-4-9(6-13)10(12)14/h7-9H,3-6,11H2,1-2H3,(H2,12,14). The summed E-state index contributed by atoms with van der Waals surface area (Å²) in [5.41, 5.74) is 11.1. The minimum Gasteiger partial charge on any atom is -0.369 e. The van der Waals surface area contributed by atoms with Crippen LogP contribution in [0.15, 0.2) is 0 Å². The largest absolute Gasteiger partial charge is 0.369 e. The number of primary amides is 1. The fourth-order valence-corrected chi connectivity index (χ4v) is 1.94. The van der Waals surface area contributed by atoms with Crippen molar-refractivity contribution in [1.29, 1.82) is 0 Å². The molecule has 1 fully saturated rings. The van der Waals surface area contributed by atoms with Gasteiger partial charge in [0, 0.05) is 18.6 Å². The summed E-state index contributed by atoms with van der Waals surface area (Å²) in [6.07, 6.45) is 1.97. The molecule has 3 unspecified atom stereocenters. The molecule has 1 saturated heterocycles. The van der Waals surface area contributed by atoms with Crippen LogP contribution in [0.4, 0.5) is 0 Å². The van der Waals surface area contributed by atoms with Gasteiger partial charge >= 0.3 is 0 Å². The lowest BCUT2D eigenvalue weighted by Gasteiger charge is -2.37. The maximum absolute atomic E-state index is 11.1. The van der Waals surface area contributed by atoms with Crippen LogP contribution in [0.2, 0.25) is 0 Å². The Hall–Kier alpha value is -0.610. The Labute approximate surface area is 85.6 Å². The van der Waals surface area contributed by atoms with E-state index in [-0.39, 0.29) is 17.9 Å². The number of hydrogen-bond donors (Lipinski definition) is 2. The summed E-state index contributed by atoms with van der Waals surface area (Å²) in [5, 5.41) is 0. The molecule has 0 radical (unpaired) electrons. The Balaban J connectivity index is 2.51. The quantitative estimate of drug-likeness (QED) is 0.667. The molecule has 3 atom stereocenters. The molecule has 1 aliphatic heterocycles. The van der Waals surface area contributed by atoms with Crippen molar-refractivity contribution in [3.63, 3.8) is 0 Å². The van der Waals surface area contributed by atoms with E-state index in [1.54, 1.807) is 0 Å². The van der Waals surface area contributed by atoms with Crippen molar-refractivity contribution in [1.82, 2.24) is 4.90 Å². The molecule has 82 valence electrons. The molecule has 1 aliphatic rings. The molecule has 0 aromatic heterocycles. The van der Waals surface area contributed by atoms with Gasteiger partial charge in [0.2, 0.25) is 5.91 Å². The molecular weight excluding hydrogens is 178 g/mol. The van der Waals surface area contributed by atoms with Gasteiger partial charge in [0.05, 0.1) is 5.92 Å². The fourth-order valence-electron chi connectivity index (χ4n) is 1.94. The third kappa shape index (κ3) is 2.69. The smallest absolute Gasteiger partial charge is 0.221 e. The van der Waals surface area contributed by atoms with E-state index in [2.05, 4.69) is 11.8 Å². The second-order valence-corrected chi connectivity index (χ2v) is 4.34. The lowest BCUT2D eigenvalue weighted by atomic mass is 9.95. The van der Waals surface area contributed by atoms with Gasteiger partial charge in [0.25, 0.3) is 0 Å². The minimum atomic E-state index is -0.174. The number of nitrogens with two attached hydrogens (primary N) is 2. The number of carbonyl (C=O) groups excluding carboxylic acids is 1. The van der Waals surface area contributed by atoms with Gasteiger partial charge in [-0.05, 0) is 33.2 Å². The Kier molecular flexibility index (Phi) is 3.89. The molecule has 0 aromatic carbocycles. The number of rotatable bonds is 3. The van der Waals surface area contributed by atoms with E-state index in [1.165, 1.54) is 0 Å². The summed E-state index contributed by atoms with van der Waals surface area (Å²) in [5.74, 6) is -0.156. The molecule has 4 nitrogen and oxygen atoms in total. The number of nitrogens with zero attached hydrogens (tertiary/aromatic N) is 1. The van der Waals surface area contributed by atoms with Crippen LogP contribution in [0.3, 0.4) is 0 Å². The Morgan fingerprint density at radius 3 is 2.64 bits per heavy atom. The summed E-state index contributed by atoms with van der Waals surface area (Å²) in [6, 6.07) is 0.471. The van der Waals surface area contributed by atoms with Crippen LogP contribution < -0.4 is 11.5 Å². The molecule has 1 heterocycles. The van der Waals surface area contributed by atoms with Crippen molar-refractivity contribution in [3.8, 4) is 0 Å². The van der Waals surface area contributed by atoms with Gasteiger partial charge in [-0.25, -0.2) is 0 Å². The first kappa shape index (κ1) is 11.5. The molecule has 1 rings (SSSR count). The van der Waals surface area contributed by atoms with Crippen molar-refractivity contribution in [2.45, 2.75) is 38.8 Å². The van der Waals surface area contributed by atoms with Crippen LogP contribution >= 0.6 is 0 Å². The van der Waals surface area contributed by atoms with E-state index in [0.29, 0.717) is 6.04 Å². The first-order valence-electron chi connectivity index (χ1n) is 5.31. The molecular formula is C10H21N3O. The maximum Gasteiger partial charge on any atom is 0.221 e. The van der Waals surface area contributed by atoms with Gasteiger partial charge in [-0.1, -0.05) is 0 Å². The van der Waals surface area contributed by atoms with Crippen LogP contribution in [-0.4, -0.2) is 36.0 Å². The highest BCUT2D eigenvalue weighted by Gasteiger charge is 2.27. The second-order valence-electron chi connectivity index (χ2n) is 4.34. The number of hydrogen-bond acceptors (Lipinski definition) is 3. The van der Waals surface area contributed by atoms with Crippen LogP contribution in [0, 0.1) is 5.92 Å². The molecule has 4 N–H and O–H groups in total. The zero-order valence-electron chi connectivity index (χ0n) is 9.07. The zero-order valence-corrected chi connectivity index (χ0v) is 9.07. The van der Waals surface area contributed by atoms with Gasteiger partial charge in [0.1, 0.15) is 0 Å². The lowest BCUT2D eigenvalue weighted by molar-refractivity contribution is -0.123. The molecule has 0 spiro atoms. The lowest BCUT2D eigenvalue weighted by Crippen LogP contribution is -2.50. The number of amides is 1. The third-order valence-corrected chi connectivity index (χ3v) is 3.19. The topological polar surface area (TPSA) is 72.3 Å². The highest BCUT2D eigenvalue weighted by molar-refractivity contribution is 5.76. The normalized spacial score (nSPS) is 28.4. The summed E-state index contributed by atoms with van der Waals surface area (Å²) >= 11 is 0. The summed E-state index contributed by atoms with van der Waals surface area (Å²) < 4.78 is 0. The van der Waals surface area contributed by atoms with Crippen LogP contribution in [-0.2, 0) is 4.79 Å². The molecule has 0 saturated carbocycles. The van der Waals surface area contributed by atoms with Crippen molar-refractivity contribution < 1.29 is 4.79 Å². The summed E-state index contributed by atoms with van der Waals surface area (Å²) in [4.78, 5) is 13.3. The average Bonchev–Trinajstić information content (AvgIpc) is 2.16. The SMILES string of the molecule is CC(N)C(C)N1CCCC(C(N)=O)C1. The predicted molar refractivity (Wildman–Crippen MR) is 56.6 cm³/mol. The van der Waals surface area contributed by atoms with Crippen LogP contribution in [0.1, 0.15) is 26.7 Å². The van der Waals surface area contributed by atoms with E-state index >= 15 is 0 Å². The van der Waals surface area contributed by atoms with Crippen molar-refractivity contribution in [2.75, 3.05) is 13.1 Å².